The molecule has 0 atom stereocenters. The third-order valence-electron chi connectivity index (χ3n) is 1.76. The summed E-state index contributed by atoms with van der Waals surface area (Å²) in [6.45, 7) is 3.85. The van der Waals surface area contributed by atoms with Gasteiger partial charge in [0, 0.05) is 13.1 Å². The molecule has 7 heteroatoms. The van der Waals surface area contributed by atoms with E-state index < -0.39 is 16.2 Å². The number of methoxy groups -OCH3 is 1. The molecule has 15 heavy (non-hydrogen) atoms. The zero-order valence-corrected chi connectivity index (χ0v) is 10.1. The zero-order chi connectivity index (χ0) is 11.9. The Morgan fingerprint density at radius 1 is 1.40 bits per heavy atom. The summed E-state index contributed by atoms with van der Waals surface area (Å²) in [6, 6.07) is 0. The number of rotatable bonds is 7. The van der Waals surface area contributed by atoms with Crippen LogP contribution in [-0.4, -0.2) is 45.4 Å². The minimum atomic E-state index is -3.56. The highest BCUT2D eigenvalue weighted by Gasteiger charge is 2.22. The SMILES string of the molecule is CCCNS(=O)(=O)N(CC)CC(=O)OC. The Kier molecular flexibility index (Phi) is 6.46. The summed E-state index contributed by atoms with van der Waals surface area (Å²) < 4.78 is 31.0. The van der Waals surface area contributed by atoms with Gasteiger partial charge in [-0.2, -0.15) is 12.7 Å². The van der Waals surface area contributed by atoms with Crippen LogP contribution in [0.25, 0.3) is 0 Å². The lowest BCUT2D eigenvalue weighted by atomic mass is 10.5. The number of nitrogens with zero attached hydrogens (tertiary/aromatic N) is 1. The van der Waals surface area contributed by atoms with Crippen molar-refractivity contribution in [1.29, 1.82) is 0 Å². The van der Waals surface area contributed by atoms with E-state index in [1.807, 2.05) is 6.92 Å². The van der Waals surface area contributed by atoms with Crippen molar-refractivity contribution in [3.63, 3.8) is 0 Å². The molecule has 0 unspecified atom stereocenters. The van der Waals surface area contributed by atoms with Crippen molar-refractivity contribution in [3.8, 4) is 0 Å². The molecule has 0 aromatic carbocycles. The van der Waals surface area contributed by atoms with Gasteiger partial charge in [-0.25, -0.2) is 4.72 Å². The van der Waals surface area contributed by atoms with Crippen LogP contribution in [0.15, 0.2) is 0 Å². The molecule has 0 aliphatic carbocycles. The molecule has 0 heterocycles. The van der Waals surface area contributed by atoms with E-state index in [-0.39, 0.29) is 13.1 Å². The third-order valence-corrected chi connectivity index (χ3v) is 3.40. The lowest BCUT2D eigenvalue weighted by molar-refractivity contribution is -0.140. The molecule has 0 fully saturated rings. The fourth-order valence-electron chi connectivity index (χ4n) is 0.898. The average Bonchev–Trinajstić information content (AvgIpc) is 2.22. The van der Waals surface area contributed by atoms with Crippen LogP contribution < -0.4 is 4.72 Å². The van der Waals surface area contributed by atoms with Crippen LogP contribution in [-0.2, 0) is 19.7 Å². The first-order valence-electron chi connectivity index (χ1n) is 4.79. The Labute approximate surface area is 90.8 Å². The van der Waals surface area contributed by atoms with Crippen LogP contribution in [0.1, 0.15) is 20.3 Å². The van der Waals surface area contributed by atoms with E-state index in [0.29, 0.717) is 13.0 Å². The zero-order valence-electron chi connectivity index (χ0n) is 9.32. The second-order valence-electron chi connectivity index (χ2n) is 2.90. The van der Waals surface area contributed by atoms with Crippen LogP contribution in [0.4, 0.5) is 0 Å². The quantitative estimate of drug-likeness (QED) is 0.619. The molecule has 0 aliphatic heterocycles. The van der Waals surface area contributed by atoms with Gasteiger partial charge < -0.3 is 4.74 Å². The molecule has 0 bridgehead atoms. The molecule has 0 aliphatic rings. The molecular formula is C8H18N2O4S. The molecule has 1 N–H and O–H groups in total. The van der Waals surface area contributed by atoms with Gasteiger partial charge in [-0.3, -0.25) is 4.79 Å². The molecular weight excluding hydrogens is 220 g/mol. The van der Waals surface area contributed by atoms with Crippen molar-refractivity contribution >= 4 is 16.2 Å². The third kappa shape index (κ3) is 5.10. The van der Waals surface area contributed by atoms with Gasteiger partial charge in [0.2, 0.25) is 0 Å². The normalized spacial score (nSPS) is 11.7. The monoisotopic (exact) mass is 238 g/mol. The van der Waals surface area contributed by atoms with Crippen molar-refractivity contribution in [1.82, 2.24) is 9.03 Å². The van der Waals surface area contributed by atoms with Crippen LogP contribution in [0.3, 0.4) is 0 Å². The number of nitrogens with one attached hydrogen (secondary N) is 1. The lowest BCUT2D eigenvalue weighted by Crippen LogP contribution is -2.43. The van der Waals surface area contributed by atoms with E-state index in [1.54, 1.807) is 6.92 Å². The average molecular weight is 238 g/mol. The Balaban J connectivity index is 4.44. The smallest absolute Gasteiger partial charge is 0.321 e. The van der Waals surface area contributed by atoms with Gasteiger partial charge in [-0.1, -0.05) is 13.8 Å². The lowest BCUT2D eigenvalue weighted by Gasteiger charge is -2.19. The highest BCUT2D eigenvalue weighted by atomic mass is 32.2. The number of ether oxygens (including phenoxy) is 1. The summed E-state index contributed by atoms with van der Waals surface area (Å²) in [5.74, 6) is -0.571. The fraction of sp³-hybridized carbons (Fsp3) is 0.875. The van der Waals surface area contributed by atoms with Gasteiger partial charge in [0.15, 0.2) is 0 Å². The standard InChI is InChI=1S/C8H18N2O4S/c1-4-6-9-15(12,13)10(5-2)7-8(11)14-3/h9H,4-7H2,1-3H3. The van der Waals surface area contributed by atoms with Gasteiger partial charge in [0.05, 0.1) is 7.11 Å². The summed E-state index contributed by atoms with van der Waals surface area (Å²) in [7, 11) is -2.33. The highest BCUT2D eigenvalue weighted by Crippen LogP contribution is 1.98. The molecule has 0 aromatic heterocycles. The first-order valence-corrected chi connectivity index (χ1v) is 6.23. The summed E-state index contributed by atoms with van der Waals surface area (Å²) in [5.41, 5.74) is 0. The maximum atomic E-state index is 11.6. The van der Waals surface area contributed by atoms with E-state index in [1.165, 1.54) is 7.11 Å². The van der Waals surface area contributed by atoms with Gasteiger partial charge in [0.1, 0.15) is 6.54 Å². The van der Waals surface area contributed by atoms with Gasteiger partial charge in [-0.05, 0) is 6.42 Å². The van der Waals surface area contributed by atoms with Crippen molar-refractivity contribution in [3.05, 3.63) is 0 Å². The number of hydrogen-bond acceptors (Lipinski definition) is 4. The molecule has 0 saturated heterocycles. The van der Waals surface area contributed by atoms with E-state index in [0.717, 1.165) is 4.31 Å². The predicted molar refractivity (Wildman–Crippen MR) is 56.5 cm³/mol. The van der Waals surface area contributed by atoms with Gasteiger partial charge in [-0.15, -0.1) is 0 Å². The Bertz CT molecular complexity index is 289. The van der Waals surface area contributed by atoms with Crippen molar-refractivity contribution in [2.45, 2.75) is 20.3 Å². The Morgan fingerprint density at radius 2 is 2.00 bits per heavy atom. The molecule has 0 amide bonds. The number of carbonyl (C=O) groups excluding carboxylic acids is 1. The van der Waals surface area contributed by atoms with E-state index in [9.17, 15) is 13.2 Å². The van der Waals surface area contributed by atoms with Crippen molar-refractivity contribution in [2.75, 3.05) is 26.7 Å². The summed E-state index contributed by atoms with van der Waals surface area (Å²) in [4.78, 5) is 10.9. The number of likely N-dealkylation sites (N-methyl/N-ethyl adjacent to an activating group) is 1. The van der Waals surface area contributed by atoms with Gasteiger partial charge in [0.25, 0.3) is 10.2 Å². The summed E-state index contributed by atoms with van der Waals surface area (Å²) in [5, 5.41) is 0. The molecule has 0 rings (SSSR count). The fourth-order valence-corrected chi connectivity index (χ4v) is 2.16. The van der Waals surface area contributed by atoms with Gasteiger partial charge >= 0.3 is 5.97 Å². The predicted octanol–water partition coefficient (Wildman–Crippen LogP) is -0.274. The van der Waals surface area contributed by atoms with Crippen LogP contribution >= 0.6 is 0 Å². The van der Waals surface area contributed by atoms with Crippen LogP contribution in [0.2, 0.25) is 0 Å². The molecule has 0 radical (unpaired) electrons. The van der Waals surface area contributed by atoms with Crippen molar-refractivity contribution in [2.24, 2.45) is 0 Å². The van der Waals surface area contributed by atoms with Crippen LogP contribution in [0.5, 0.6) is 0 Å². The molecule has 6 nitrogen and oxygen atoms in total. The van der Waals surface area contributed by atoms with Crippen molar-refractivity contribution < 1.29 is 17.9 Å². The Morgan fingerprint density at radius 3 is 2.40 bits per heavy atom. The van der Waals surface area contributed by atoms with E-state index in [2.05, 4.69) is 9.46 Å². The maximum absolute atomic E-state index is 11.6. The molecule has 90 valence electrons. The first kappa shape index (κ1) is 14.3. The minimum absolute atomic E-state index is 0.230. The summed E-state index contributed by atoms with van der Waals surface area (Å²) in [6.07, 6.45) is 0.703. The number of carbonyl (C=O) groups is 1. The van der Waals surface area contributed by atoms with Crippen LogP contribution in [0, 0.1) is 0 Å². The summed E-state index contributed by atoms with van der Waals surface area (Å²) >= 11 is 0. The maximum Gasteiger partial charge on any atom is 0.321 e. The molecule has 0 spiro atoms. The first-order chi connectivity index (χ1) is 6.97. The topological polar surface area (TPSA) is 75.7 Å². The largest absolute Gasteiger partial charge is 0.468 e. The second kappa shape index (κ2) is 6.76. The highest BCUT2D eigenvalue weighted by molar-refractivity contribution is 7.87. The minimum Gasteiger partial charge on any atom is -0.468 e. The second-order valence-corrected chi connectivity index (χ2v) is 4.66. The Hall–Kier alpha value is -0.660. The number of esters is 1. The van der Waals surface area contributed by atoms with E-state index in [4.69, 9.17) is 0 Å². The molecule has 0 saturated carbocycles. The number of hydrogen-bond donors (Lipinski definition) is 1. The molecule has 0 aromatic rings. The van der Waals surface area contributed by atoms with E-state index >= 15 is 0 Å².